The van der Waals surface area contributed by atoms with Crippen LogP contribution >= 0.6 is 0 Å². The Morgan fingerprint density at radius 1 is 1.13 bits per heavy atom. The lowest BCUT2D eigenvalue weighted by atomic mass is 10.2. The Kier molecular flexibility index (Phi) is 4.85. The van der Waals surface area contributed by atoms with Crippen LogP contribution in [0.2, 0.25) is 0 Å². The standard InChI is InChI=1S/C22H25N5O3/c1-14(2)12-27-20(28)18-19(24(5)22(27)29)23-21-25(10-11-26(18)21)16-8-6-7-9-17(16)30-13-15(3)4/h6-9H,1,3,10-13H2,2,4-5H3. The van der Waals surface area contributed by atoms with Gasteiger partial charge in [0.2, 0.25) is 5.95 Å². The number of benzene rings is 1. The van der Waals surface area contributed by atoms with E-state index in [1.165, 1.54) is 9.13 Å². The minimum absolute atomic E-state index is 0.184. The van der Waals surface area contributed by atoms with E-state index in [9.17, 15) is 9.59 Å². The molecule has 0 radical (unpaired) electrons. The Bertz CT molecular complexity index is 1290. The van der Waals surface area contributed by atoms with Crippen molar-refractivity contribution in [2.45, 2.75) is 26.9 Å². The molecule has 0 N–H and O–H groups in total. The van der Waals surface area contributed by atoms with Crippen molar-refractivity contribution >= 4 is 22.8 Å². The molecule has 3 heterocycles. The van der Waals surface area contributed by atoms with Gasteiger partial charge in [0.1, 0.15) is 12.4 Å². The highest BCUT2D eigenvalue weighted by molar-refractivity contribution is 5.79. The van der Waals surface area contributed by atoms with E-state index >= 15 is 0 Å². The van der Waals surface area contributed by atoms with Gasteiger partial charge in [0.15, 0.2) is 11.2 Å². The summed E-state index contributed by atoms with van der Waals surface area (Å²) in [7, 11) is 1.63. The Morgan fingerprint density at radius 2 is 1.87 bits per heavy atom. The highest BCUT2D eigenvalue weighted by Gasteiger charge is 2.30. The summed E-state index contributed by atoms with van der Waals surface area (Å²) in [6.07, 6.45) is 0. The van der Waals surface area contributed by atoms with Gasteiger partial charge in [-0.3, -0.25) is 13.9 Å². The lowest BCUT2D eigenvalue weighted by Gasteiger charge is -2.20. The molecular weight excluding hydrogens is 382 g/mol. The summed E-state index contributed by atoms with van der Waals surface area (Å²) in [6, 6.07) is 7.71. The first-order chi connectivity index (χ1) is 14.3. The maximum absolute atomic E-state index is 13.1. The third kappa shape index (κ3) is 3.14. The number of nitrogens with zero attached hydrogens (tertiary/aromatic N) is 5. The van der Waals surface area contributed by atoms with Gasteiger partial charge in [-0.2, -0.15) is 4.98 Å². The van der Waals surface area contributed by atoms with Gasteiger partial charge in [-0.15, -0.1) is 0 Å². The first-order valence-electron chi connectivity index (χ1n) is 9.77. The maximum atomic E-state index is 13.1. The van der Waals surface area contributed by atoms with Crippen LogP contribution in [0.25, 0.3) is 11.2 Å². The average Bonchev–Trinajstić information content (AvgIpc) is 3.27. The van der Waals surface area contributed by atoms with E-state index < -0.39 is 5.69 Å². The minimum atomic E-state index is -0.399. The van der Waals surface area contributed by atoms with Gasteiger partial charge in [-0.05, 0) is 31.6 Å². The lowest BCUT2D eigenvalue weighted by Crippen LogP contribution is -2.39. The number of ether oxygens (including phenoxy) is 1. The highest BCUT2D eigenvalue weighted by Crippen LogP contribution is 2.37. The number of imidazole rings is 1. The van der Waals surface area contributed by atoms with E-state index in [1.54, 1.807) is 14.0 Å². The predicted octanol–water partition coefficient (Wildman–Crippen LogP) is 2.58. The number of anilines is 2. The molecule has 4 rings (SSSR count). The van der Waals surface area contributed by atoms with Crippen LogP contribution in [0.3, 0.4) is 0 Å². The third-order valence-electron chi connectivity index (χ3n) is 5.06. The van der Waals surface area contributed by atoms with Gasteiger partial charge >= 0.3 is 5.69 Å². The van der Waals surface area contributed by atoms with Crippen LogP contribution < -0.4 is 20.9 Å². The molecule has 2 aromatic heterocycles. The molecule has 1 aliphatic rings. The van der Waals surface area contributed by atoms with Crippen LogP contribution in [-0.4, -0.2) is 31.8 Å². The fraction of sp³-hybridized carbons (Fsp3) is 0.318. The van der Waals surface area contributed by atoms with Crippen molar-refractivity contribution in [3.8, 4) is 5.75 Å². The summed E-state index contributed by atoms with van der Waals surface area (Å²) >= 11 is 0. The van der Waals surface area contributed by atoms with Crippen molar-refractivity contribution < 1.29 is 4.74 Å². The summed E-state index contributed by atoms with van der Waals surface area (Å²) in [5.74, 6) is 1.34. The zero-order valence-corrected chi connectivity index (χ0v) is 17.5. The number of para-hydroxylation sites is 2. The molecule has 0 amide bonds. The van der Waals surface area contributed by atoms with Crippen LogP contribution in [-0.2, 0) is 20.1 Å². The minimum Gasteiger partial charge on any atom is -0.487 e. The predicted molar refractivity (Wildman–Crippen MR) is 118 cm³/mol. The molecule has 8 heteroatoms. The van der Waals surface area contributed by atoms with E-state index in [2.05, 4.69) is 18.1 Å². The van der Waals surface area contributed by atoms with Gasteiger partial charge in [0.05, 0.1) is 12.2 Å². The van der Waals surface area contributed by atoms with Gasteiger partial charge in [-0.1, -0.05) is 30.9 Å². The Hall–Kier alpha value is -3.55. The van der Waals surface area contributed by atoms with Gasteiger partial charge in [0.25, 0.3) is 5.56 Å². The van der Waals surface area contributed by atoms with Crippen molar-refractivity contribution in [1.82, 2.24) is 18.7 Å². The fourth-order valence-electron chi connectivity index (χ4n) is 3.72. The number of aromatic nitrogens is 4. The second-order valence-corrected chi connectivity index (χ2v) is 7.79. The SMILES string of the molecule is C=C(C)COc1ccccc1N1CCn2c1nc1c2c(=O)n(CC(=C)C)c(=O)n1C. The average molecular weight is 407 g/mol. The van der Waals surface area contributed by atoms with E-state index in [0.717, 1.165) is 22.6 Å². The summed E-state index contributed by atoms with van der Waals surface area (Å²) in [6.45, 7) is 13.3. The van der Waals surface area contributed by atoms with Crippen LogP contribution in [0.1, 0.15) is 13.8 Å². The number of hydrogen-bond acceptors (Lipinski definition) is 5. The molecule has 30 heavy (non-hydrogen) atoms. The molecule has 0 unspecified atom stereocenters. The molecule has 0 aliphatic carbocycles. The number of allylic oxidation sites excluding steroid dienone is 1. The number of aryl methyl sites for hydroxylation is 1. The maximum Gasteiger partial charge on any atom is 0.332 e. The normalized spacial score (nSPS) is 13.0. The Balaban J connectivity index is 1.87. The molecule has 0 saturated heterocycles. The quantitative estimate of drug-likeness (QED) is 0.587. The van der Waals surface area contributed by atoms with Crippen LogP contribution in [0.4, 0.5) is 11.6 Å². The Morgan fingerprint density at radius 3 is 2.57 bits per heavy atom. The van der Waals surface area contributed by atoms with Crippen molar-refractivity contribution in [3.05, 3.63) is 69.4 Å². The summed E-state index contributed by atoms with van der Waals surface area (Å²) in [5.41, 5.74) is 2.58. The number of fused-ring (bicyclic) bond motifs is 3. The van der Waals surface area contributed by atoms with Crippen LogP contribution in [0.5, 0.6) is 5.75 Å². The molecule has 156 valence electrons. The summed E-state index contributed by atoms with van der Waals surface area (Å²) in [5, 5.41) is 0. The molecule has 0 fully saturated rings. The molecular formula is C22H25N5O3. The molecule has 0 bridgehead atoms. The van der Waals surface area contributed by atoms with Crippen molar-refractivity contribution in [2.75, 3.05) is 18.1 Å². The first kappa shape index (κ1) is 19.8. The second-order valence-electron chi connectivity index (χ2n) is 7.79. The molecule has 0 saturated carbocycles. The van der Waals surface area contributed by atoms with Gasteiger partial charge in [0, 0.05) is 20.1 Å². The smallest absolute Gasteiger partial charge is 0.332 e. The topological polar surface area (TPSA) is 74.3 Å². The summed E-state index contributed by atoms with van der Waals surface area (Å²) < 4.78 is 10.4. The lowest BCUT2D eigenvalue weighted by molar-refractivity contribution is 0.353. The van der Waals surface area contributed by atoms with Crippen molar-refractivity contribution in [1.29, 1.82) is 0 Å². The van der Waals surface area contributed by atoms with Gasteiger partial charge in [-0.25, -0.2) is 4.79 Å². The number of rotatable bonds is 6. The largest absolute Gasteiger partial charge is 0.487 e. The molecule has 0 atom stereocenters. The van der Waals surface area contributed by atoms with Crippen molar-refractivity contribution in [2.24, 2.45) is 7.05 Å². The Labute approximate surface area is 173 Å². The molecule has 1 aromatic carbocycles. The number of hydrogen-bond donors (Lipinski definition) is 0. The van der Waals surface area contributed by atoms with E-state index in [1.807, 2.05) is 40.7 Å². The van der Waals surface area contributed by atoms with Crippen molar-refractivity contribution in [3.63, 3.8) is 0 Å². The monoisotopic (exact) mass is 407 g/mol. The zero-order chi connectivity index (χ0) is 21.6. The first-order valence-corrected chi connectivity index (χ1v) is 9.77. The van der Waals surface area contributed by atoms with Crippen LogP contribution in [0, 0.1) is 0 Å². The zero-order valence-electron chi connectivity index (χ0n) is 17.5. The third-order valence-corrected chi connectivity index (χ3v) is 5.06. The second kappa shape index (κ2) is 7.37. The van der Waals surface area contributed by atoms with Crippen LogP contribution in [0.15, 0.2) is 58.2 Å². The van der Waals surface area contributed by atoms with E-state index in [-0.39, 0.29) is 12.1 Å². The molecule has 1 aliphatic heterocycles. The fourth-order valence-corrected chi connectivity index (χ4v) is 3.72. The summed E-state index contributed by atoms with van der Waals surface area (Å²) in [4.78, 5) is 32.5. The van der Waals surface area contributed by atoms with E-state index in [0.29, 0.717) is 36.8 Å². The van der Waals surface area contributed by atoms with E-state index in [4.69, 9.17) is 4.74 Å². The van der Waals surface area contributed by atoms with Gasteiger partial charge < -0.3 is 14.2 Å². The molecule has 0 spiro atoms. The molecule has 3 aromatic rings. The highest BCUT2D eigenvalue weighted by atomic mass is 16.5. The molecule has 8 nitrogen and oxygen atoms in total.